The molecule has 0 fully saturated rings. The SMILES string of the molecule is CC/C=C/CCCCCCCCC/C=C/C=C/C(=O)O[C@H](COC(=O)CCC/C=C/C=C/C=C\CCCCCCCC)COP(=O)(O)O/C=C\[N+](C)(C)C. The molecular weight excluding hydrogens is 701 g/mol. The Morgan fingerprint density at radius 1 is 0.648 bits per heavy atom. The zero-order valence-corrected chi connectivity index (χ0v) is 35.3. The maximum atomic E-state index is 12.5. The number of unbranched alkanes of at least 4 members (excludes halogenated alkanes) is 15. The third-order valence-corrected chi connectivity index (χ3v) is 8.91. The average Bonchev–Trinajstić information content (AvgIpc) is 3.12. The van der Waals surface area contributed by atoms with Gasteiger partial charge in [-0.2, -0.15) is 0 Å². The van der Waals surface area contributed by atoms with Crippen LogP contribution in [0.4, 0.5) is 0 Å². The Labute approximate surface area is 329 Å². The lowest BCUT2D eigenvalue weighted by Gasteiger charge is -2.19. The van der Waals surface area contributed by atoms with E-state index in [0.29, 0.717) is 17.3 Å². The highest BCUT2D eigenvalue weighted by atomic mass is 31.2. The molecule has 0 spiro atoms. The standard InChI is InChI=1S/C44H74NO8P/c1-6-8-10-12-14-16-18-20-22-24-26-28-30-32-34-36-43(46)50-40-42(41-52-54(48,49)51-39-38-45(3,4)5)53-44(47)37-35-33-31-29-27-25-23-21-19-17-15-13-11-9-7-2/h9,11,20,22,24,26,28,30-31,33,35,37-39,42H,6-8,10,12-19,21,23,25,27,29,32,34,36,40-41H2,1-5H3/p+1/b11-9+,22-20-,26-24+,30-28+,33-31+,37-35+,39-38-/t42-/m1/s1. The van der Waals surface area contributed by atoms with E-state index < -0.39 is 32.5 Å². The molecule has 0 aromatic rings. The minimum Gasteiger partial charge on any atom is -0.462 e. The molecule has 0 aliphatic rings. The number of phosphoric ester groups is 1. The van der Waals surface area contributed by atoms with E-state index in [4.69, 9.17) is 18.5 Å². The van der Waals surface area contributed by atoms with Gasteiger partial charge in [0.2, 0.25) is 0 Å². The van der Waals surface area contributed by atoms with Crippen molar-refractivity contribution < 1.29 is 42.1 Å². The summed E-state index contributed by atoms with van der Waals surface area (Å²) in [5.41, 5.74) is 0. The largest absolute Gasteiger partial charge is 0.527 e. The van der Waals surface area contributed by atoms with Gasteiger partial charge in [-0.05, 0) is 57.8 Å². The molecule has 9 nitrogen and oxygen atoms in total. The van der Waals surface area contributed by atoms with Crippen LogP contribution in [0.1, 0.15) is 142 Å². The highest BCUT2D eigenvalue weighted by Crippen LogP contribution is 2.43. The highest BCUT2D eigenvalue weighted by Gasteiger charge is 2.26. The van der Waals surface area contributed by atoms with Gasteiger partial charge in [-0.3, -0.25) is 14.2 Å². The molecular formula is C44H75NO8P+. The van der Waals surface area contributed by atoms with Gasteiger partial charge >= 0.3 is 19.8 Å². The first-order chi connectivity index (χ1) is 26.0. The van der Waals surface area contributed by atoms with Crippen LogP contribution in [0.25, 0.3) is 0 Å². The van der Waals surface area contributed by atoms with E-state index in [1.54, 1.807) is 18.4 Å². The quantitative estimate of drug-likeness (QED) is 0.00990. The maximum Gasteiger partial charge on any atom is 0.527 e. The molecule has 0 aromatic heterocycles. The summed E-state index contributed by atoms with van der Waals surface area (Å²) in [6, 6.07) is 0. The van der Waals surface area contributed by atoms with Gasteiger partial charge in [0.15, 0.2) is 6.10 Å². The molecule has 308 valence electrons. The molecule has 0 aliphatic heterocycles. The summed E-state index contributed by atoms with van der Waals surface area (Å²) in [5, 5.41) is 0. The minimum absolute atomic E-state index is 0.173. The Morgan fingerprint density at radius 2 is 1.17 bits per heavy atom. The number of rotatable bonds is 35. The fourth-order valence-corrected chi connectivity index (χ4v) is 5.58. The van der Waals surface area contributed by atoms with E-state index in [0.717, 1.165) is 31.9 Å². The monoisotopic (exact) mass is 777 g/mol. The predicted molar refractivity (Wildman–Crippen MR) is 223 cm³/mol. The van der Waals surface area contributed by atoms with Gasteiger partial charge in [0, 0.05) is 12.5 Å². The number of nitrogens with zero attached hydrogens (tertiary/aromatic N) is 1. The highest BCUT2D eigenvalue weighted by molar-refractivity contribution is 7.47. The first kappa shape index (κ1) is 51.0. The summed E-state index contributed by atoms with van der Waals surface area (Å²) in [6.45, 7) is 3.56. The fourth-order valence-electron chi connectivity index (χ4n) is 4.96. The van der Waals surface area contributed by atoms with Crippen LogP contribution in [0.2, 0.25) is 0 Å². The number of ether oxygens (including phenoxy) is 2. The lowest BCUT2D eigenvalue weighted by atomic mass is 10.1. The van der Waals surface area contributed by atoms with Crippen LogP contribution >= 0.6 is 7.82 Å². The van der Waals surface area contributed by atoms with Crippen molar-refractivity contribution in [3.05, 3.63) is 85.4 Å². The van der Waals surface area contributed by atoms with Crippen molar-refractivity contribution in [2.75, 3.05) is 34.4 Å². The molecule has 0 heterocycles. The molecule has 0 aliphatic carbocycles. The average molecular weight is 777 g/mol. The van der Waals surface area contributed by atoms with Crippen molar-refractivity contribution in [1.82, 2.24) is 0 Å². The van der Waals surface area contributed by atoms with Crippen LogP contribution in [0.3, 0.4) is 0 Å². The van der Waals surface area contributed by atoms with E-state index in [9.17, 15) is 19.0 Å². The molecule has 10 heteroatoms. The Hall–Kier alpha value is -2.97. The summed E-state index contributed by atoms with van der Waals surface area (Å²) in [5.74, 6) is -1.16. The van der Waals surface area contributed by atoms with E-state index in [1.807, 2.05) is 51.5 Å². The molecule has 0 aromatic carbocycles. The number of esters is 2. The number of carbonyl (C=O) groups is 2. The molecule has 0 rings (SSSR count). The summed E-state index contributed by atoms with van der Waals surface area (Å²) < 4.78 is 33.4. The summed E-state index contributed by atoms with van der Waals surface area (Å²) in [6.07, 6.45) is 47.1. The first-order valence-electron chi connectivity index (χ1n) is 20.5. The van der Waals surface area contributed by atoms with E-state index in [1.165, 1.54) is 89.5 Å². The predicted octanol–water partition coefficient (Wildman–Crippen LogP) is 11.9. The van der Waals surface area contributed by atoms with E-state index >= 15 is 0 Å². The second-order valence-corrected chi connectivity index (χ2v) is 15.8. The van der Waals surface area contributed by atoms with E-state index in [-0.39, 0.29) is 13.0 Å². The molecule has 1 N–H and O–H groups in total. The smallest absolute Gasteiger partial charge is 0.462 e. The molecule has 0 saturated carbocycles. The number of phosphoric acid groups is 1. The Morgan fingerprint density at radius 3 is 1.72 bits per heavy atom. The van der Waals surface area contributed by atoms with E-state index in [2.05, 4.69) is 38.2 Å². The van der Waals surface area contributed by atoms with Crippen LogP contribution in [0.5, 0.6) is 0 Å². The van der Waals surface area contributed by atoms with Gasteiger partial charge in [0.05, 0.1) is 21.1 Å². The first-order valence-corrected chi connectivity index (χ1v) is 22.0. The van der Waals surface area contributed by atoms with Gasteiger partial charge in [0.1, 0.15) is 25.7 Å². The Bertz CT molecular complexity index is 1200. The molecule has 0 radical (unpaired) electrons. The Kier molecular flexibility index (Phi) is 33.8. The van der Waals surface area contributed by atoms with Crippen molar-refractivity contribution in [3.8, 4) is 0 Å². The summed E-state index contributed by atoms with van der Waals surface area (Å²) in [7, 11) is 1.03. The third-order valence-electron chi connectivity index (χ3n) is 8.04. The van der Waals surface area contributed by atoms with Crippen LogP contribution in [0.15, 0.2) is 85.4 Å². The van der Waals surface area contributed by atoms with Crippen LogP contribution in [-0.2, 0) is 32.7 Å². The lowest BCUT2D eigenvalue weighted by Crippen LogP contribution is -2.29. The molecule has 0 bridgehead atoms. The van der Waals surface area contributed by atoms with Crippen LogP contribution in [0, 0.1) is 0 Å². The van der Waals surface area contributed by atoms with Crippen molar-refractivity contribution in [2.45, 2.75) is 148 Å². The normalized spacial score (nSPS) is 14.5. The van der Waals surface area contributed by atoms with Crippen LogP contribution < -0.4 is 0 Å². The van der Waals surface area contributed by atoms with Gasteiger partial charge in [0.25, 0.3) is 0 Å². The fraction of sp³-hybridized carbons (Fsp3) is 0.636. The zero-order valence-electron chi connectivity index (χ0n) is 34.4. The summed E-state index contributed by atoms with van der Waals surface area (Å²) in [4.78, 5) is 35.0. The lowest BCUT2D eigenvalue weighted by molar-refractivity contribution is -0.817. The number of hydrogen-bond donors (Lipinski definition) is 1. The number of carbonyl (C=O) groups excluding carboxylic acids is 2. The molecule has 54 heavy (non-hydrogen) atoms. The van der Waals surface area contributed by atoms with Gasteiger partial charge in [-0.15, -0.1) is 0 Å². The second-order valence-electron chi connectivity index (χ2n) is 14.4. The number of quaternary nitrogens is 1. The molecule has 2 atom stereocenters. The molecule has 1 unspecified atom stereocenters. The van der Waals surface area contributed by atoms with Gasteiger partial charge < -0.3 is 18.5 Å². The van der Waals surface area contributed by atoms with Crippen LogP contribution in [-0.4, -0.2) is 61.8 Å². The van der Waals surface area contributed by atoms with Crippen molar-refractivity contribution >= 4 is 19.8 Å². The summed E-state index contributed by atoms with van der Waals surface area (Å²) >= 11 is 0. The maximum absolute atomic E-state index is 12.5. The topological polar surface area (TPSA) is 108 Å². The molecule has 0 saturated heterocycles. The Balaban J connectivity index is 4.65. The van der Waals surface area contributed by atoms with Crippen molar-refractivity contribution in [1.29, 1.82) is 0 Å². The number of hydrogen-bond acceptors (Lipinski definition) is 7. The zero-order chi connectivity index (χ0) is 40.0. The minimum atomic E-state index is -4.50. The van der Waals surface area contributed by atoms with Crippen molar-refractivity contribution in [2.24, 2.45) is 0 Å². The van der Waals surface area contributed by atoms with Gasteiger partial charge in [-0.1, -0.05) is 145 Å². The third kappa shape index (κ3) is 38.7. The molecule has 0 amide bonds. The number of allylic oxidation sites excluding steroid dienone is 11. The second kappa shape index (κ2) is 35.7. The van der Waals surface area contributed by atoms with Gasteiger partial charge in [-0.25, -0.2) is 9.36 Å². The van der Waals surface area contributed by atoms with Crippen molar-refractivity contribution in [3.63, 3.8) is 0 Å².